The van der Waals surface area contributed by atoms with Gasteiger partial charge < -0.3 is 39.7 Å². The third kappa shape index (κ3) is 11.3. The maximum atomic E-state index is 14.8. The largest absolute Gasteiger partial charge is 0.444 e. The molecule has 2 aliphatic heterocycles. The van der Waals surface area contributed by atoms with Gasteiger partial charge in [-0.2, -0.15) is 9.97 Å². The lowest BCUT2D eigenvalue weighted by atomic mass is 10.0. The predicted molar refractivity (Wildman–Crippen MR) is 301 cm³/mol. The van der Waals surface area contributed by atoms with Crippen molar-refractivity contribution in [1.29, 1.82) is 0 Å². The molecule has 10 rings (SSSR count). The van der Waals surface area contributed by atoms with Crippen molar-refractivity contribution in [2.45, 2.75) is 130 Å². The Morgan fingerprint density at radius 3 is 1.54 bits per heavy atom. The number of ether oxygens (including phenoxy) is 2. The van der Waals surface area contributed by atoms with Crippen LogP contribution in [0.25, 0.3) is 22.1 Å². The normalized spacial score (nSPS) is 17.0. The highest BCUT2D eigenvalue weighted by Crippen LogP contribution is 2.38. The van der Waals surface area contributed by atoms with Crippen LogP contribution in [-0.2, 0) is 15.9 Å². The molecular weight excluding hydrogens is 1100 g/mol. The van der Waals surface area contributed by atoms with Gasteiger partial charge in [0.25, 0.3) is 11.1 Å². The molecule has 0 radical (unpaired) electrons. The molecule has 6 aromatic rings. The first-order valence-electron chi connectivity index (χ1n) is 26.4. The molecule has 2 amide bonds. The van der Waals surface area contributed by atoms with Crippen LogP contribution >= 0.6 is 31.9 Å². The second kappa shape index (κ2) is 21.5. The van der Waals surface area contributed by atoms with Gasteiger partial charge in [0.05, 0.1) is 38.4 Å². The van der Waals surface area contributed by atoms with Gasteiger partial charge >= 0.3 is 12.2 Å². The Hall–Kier alpha value is -6.42. The second-order valence-electron chi connectivity index (χ2n) is 22.2. The number of hydrogen-bond donors (Lipinski definition) is 2. The molecule has 402 valence electrons. The number of pyridine rings is 4. The fourth-order valence-electron chi connectivity index (χ4n) is 10.8. The minimum absolute atomic E-state index is 0.0493. The first-order valence-corrected chi connectivity index (χ1v) is 28.0. The van der Waals surface area contributed by atoms with Crippen molar-refractivity contribution in [2.24, 2.45) is 0 Å². The van der Waals surface area contributed by atoms with Gasteiger partial charge in [-0.3, -0.25) is 18.7 Å². The summed E-state index contributed by atoms with van der Waals surface area (Å²) >= 11 is 7.47. The zero-order valence-corrected chi connectivity index (χ0v) is 47.5. The van der Waals surface area contributed by atoms with E-state index < -0.39 is 11.2 Å². The molecule has 2 N–H and O–H groups in total. The van der Waals surface area contributed by atoms with Gasteiger partial charge in [-0.05, 0) is 141 Å². The van der Waals surface area contributed by atoms with Crippen LogP contribution < -0.4 is 31.6 Å². The maximum Gasteiger partial charge on any atom is 0.410 e. The lowest BCUT2D eigenvalue weighted by Crippen LogP contribution is -2.50. The smallest absolute Gasteiger partial charge is 0.410 e. The monoisotopic (exact) mass is 1160 g/mol. The van der Waals surface area contributed by atoms with E-state index in [0.29, 0.717) is 112 Å². The predicted octanol–water partition coefficient (Wildman–Crippen LogP) is 9.94. The summed E-state index contributed by atoms with van der Waals surface area (Å²) < 4.78 is 15.7. The minimum Gasteiger partial charge on any atom is -0.444 e. The summed E-state index contributed by atoms with van der Waals surface area (Å²) in [5.74, 6) is 1.59. The molecule has 2 saturated heterocycles. The number of carbonyl (C=O) groups excluding carboxylic acids is 2. The Bertz CT molecular complexity index is 3280. The lowest BCUT2D eigenvalue weighted by molar-refractivity contribution is 0.0230. The second-order valence-corrected chi connectivity index (χ2v) is 23.8. The van der Waals surface area contributed by atoms with E-state index in [4.69, 9.17) is 39.4 Å². The molecule has 0 bridgehead atoms. The molecule has 0 atom stereocenters. The summed E-state index contributed by atoms with van der Waals surface area (Å²) in [7, 11) is 0. The van der Waals surface area contributed by atoms with Crippen LogP contribution in [0.2, 0.25) is 0 Å². The quantitative estimate of drug-likeness (QED) is 0.131. The van der Waals surface area contributed by atoms with E-state index in [1.54, 1.807) is 28.4 Å². The SMILES string of the molecule is Cc1c(Br)c(=O)n(C2CCCC2)c2nc(Nc3ccc(N4CCN(C(=O)OC(C)(C)C)CC4)cn3)nc(Cc3c(Br)c(=O)n(C4CCCC4)c4nc(Nc5ccc(N6CCN(C(=O)OC(C)(C)C)CC6)cn5)ncc34)c12. The molecule has 2 aliphatic carbocycles. The first kappa shape index (κ1) is 53.0. The van der Waals surface area contributed by atoms with Crippen LogP contribution in [-0.4, -0.2) is 125 Å². The van der Waals surface area contributed by atoms with Crippen molar-refractivity contribution in [3.05, 3.63) is 89.3 Å². The summed E-state index contributed by atoms with van der Waals surface area (Å²) in [5, 5.41) is 8.05. The van der Waals surface area contributed by atoms with Crippen LogP contribution in [0.15, 0.2) is 61.4 Å². The van der Waals surface area contributed by atoms with E-state index in [1.165, 1.54) is 0 Å². The molecule has 6 aromatic heterocycles. The number of halogens is 2. The maximum absolute atomic E-state index is 14.8. The van der Waals surface area contributed by atoms with Crippen molar-refractivity contribution in [3.63, 3.8) is 0 Å². The third-order valence-electron chi connectivity index (χ3n) is 14.6. The highest BCUT2D eigenvalue weighted by molar-refractivity contribution is 9.10. The number of fused-ring (bicyclic) bond motifs is 2. The van der Waals surface area contributed by atoms with Crippen molar-refractivity contribution < 1.29 is 19.1 Å². The number of nitrogens with zero attached hydrogens (tertiary/aromatic N) is 12. The first-order chi connectivity index (χ1) is 36.3. The standard InChI is InChI=1S/C54H66Br2N14O6/c1-32-42-39(60-50(64-46(42)70(47(71)43(32)55)34-14-10-11-15-34)62-41-19-17-36(30-58-41)66-22-26-68(27-23-66)52(74)76-54(5,6)7)28-37-38-31-59-49(63-45(38)69(48(72)44(37)56)33-12-8-9-13-33)61-40-18-16-35(29-57-40)65-20-24-67(25-21-65)51(73)75-53(2,3)4/h16-19,29-31,33-34H,8-15,20-28H2,1-7H3,(H,57,59,61,63)(H,58,60,62,64). The highest BCUT2D eigenvalue weighted by atomic mass is 79.9. The van der Waals surface area contributed by atoms with Gasteiger partial charge in [-0.25, -0.2) is 29.5 Å². The van der Waals surface area contributed by atoms with Crippen LogP contribution in [0.4, 0.5) is 44.5 Å². The van der Waals surface area contributed by atoms with E-state index in [2.05, 4.69) is 52.3 Å². The van der Waals surface area contributed by atoms with E-state index in [9.17, 15) is 19.2 Å². The fraction of sp³-hybridized carbons (Fsp3) is 0.519. The van der Waals surface area contributed by atoms with Crippen molar-refractivity contribution >= 4 is 101 Å². The Morgan fingerprint density at radius 2 is 1.07 bits per heavy atom. The number of nitrogens with one attached hydrogen (secondary N) is 2. The lowest BCUT2D eigenvalue weighted by Gasteiger charge is -2.36. The molecule has 4 fully saturated rings. The summed E-state index contributed by atoms with van der Waals surface area (Å²) in [4.78, 5) is 92.0. The average molecular weight is 1170 g/mol. The van der Waals surface area contributed by atoms with Crippen LogP contribution in [0.3, 0.4) is 0 Å². The van der Waals surface area contributed by atoms with Crippen molar-refractivity contribution in [1.82, 2.24) is 48.8 Å². The van der Waals surface area contributed by atoms with Crippen LogP contribution in [0, 0.1) is 6.92 Å². The Labute approximate surface area is 458 Å². The number of carbonyl (C=O) groups is 2. The molecule has 0 aromatic carbocycles. The van der Waals surface area contributed by atoms with E-state index in [0.717, 1.165) is 68.1 Å². The topological polar surface area (TPSA) is 211 Å². The van der Waals surface area contributed by atoms with E-state index in [-0.39, 0.29) is 47.8 Å². The van der Waals surface area contributed by atoms with Gasteiger partial charge in [0.15, 0.2) is 0 Å². The molecule has 2 saturated carbocycles. The fourth-order valence-corrected chi connectivity index (χ4v) is 11.7. The van der Waals surface area contributed by atoms with E-state index >= 15 is 0 Å². The number of aromatic nitrogens is 8. The average Bonchev–Trinajstić information content (AvgIpc) is 4.20. The van der Waals surface area contributed by atoms with E-state index in [1.807, 2.05) is 81.9 Å². The van der Waals surface area contributed by atoms with Gasteiger partial charge in [0.2, 0.25) is 11.9 Å². The number of anilines is 6. The summed E-state index contributed by atoms with van der Waals surface area (Å²) in [6, 6.07) is 7.60. The number of aryl methyl sites for hydroxylation is 1. The number of piperazine rings is 2. The van der Waals surface area contributed by atoms with Gasteiger partial charge in [0.1, 0.15) is 34.1 Å². The summed E-state index contributed by atoms with van der Waals surface area (Å²) in [5.41, 5.74) is 3.35. The van der Waals surface area contributed by atoms with Gasteiger partial charge in [-0.1, -0.05) is 25.7 Å². The zero-order chi connectivity index (χ0) is 53.6. The zero-order valence-electron chi connectivity index (χ0n) is 44.3. The Morgan fingerprint density at radius 1 is 0.605 bits per heavy atom. The summed E-state index contributed by atoms with van der Waals surface area (Å²) in [6.07, 6.45) is 12.3. The minimum atomic E-state index is -0.565. The Kier molecular flexibility index (Phi) is 15.0. The molecular formula is C54H66Br2N14O6. The van der Waals surface area contributed by atoms with Crippen molar-refractivity contribution in [2.75, 3.05) is 72.8 Å². The molecule has 20 nitrogen and oxygen atoms in total. The molecule has 0 unspecified atom stereocenters. The molecule has 8 heterocycles. The molecule has 0 spiro atoms. The molecule has 4 aliphatic rings. The number of rotatable bonds is 10. The van der Waals surface area contributed by atoms with Gasteiger partial charge in [0, 0.05) is 87.8 Å². The number of hydrogen-bond acceptors (Lipinski definition) is 16. The number of amides is 2. The third-order valence-corrected chi connectivity index (χ3v) is 16.3. The Balaban J connectivity index is 0.963. The summed E-state index contributed by atoms with van der Waals surface area (Å²) in [6.45, 7) is 17.8. The molecule has 22 heteroatoms. The highest BCUT2D eigenvalue weighted by Gasteiger charge is 2.31. The van der Waals surface area contributed by atoms with Crippen LogP contribution in [0.1, 0.15) is 122 Å². The van der Waals surface area contributed by atoms with Crippen molar-refractivity contribution in [3.8, 4) is 0 Å². The van der Waals surface area contributed by atoms with Crippen LogP contribution in [0.5, 0.6) is 0 Å². The molecule has 76 heavy (non-hydrogen) atoms. The van der Waals surface area contributed by atoms with Gasteiger partial charge in [-0.15, -0.1) is 0 Å².